The van der Waals surface area contributed by atoms with Crippen molar-refractivity contribution in [3.8, 4) is 17.0 Å². The molecule has 0 saturated heterocycles. The Balaban J connectivity index is 1.69. The fourth-order valence-electron chi connectivity index (χ4n) is 4.63. The van der Waals surface area contributed by atoms with Gasteiger partial charge in [0.15, 0.2) is 0 Å². The zero-order valence-corrected chi connectivity index (χ0v) is 19.3. The number of ether oxygens (including phenoxy) is 1. The molecule has 0 unspecified atom stereocenters. The van der Waals surface area contributed by atoms with E-state index in [4.69, 9.17) is 9.72 Å². The Labute approximate surface area is 187 Å². The van der Waals surface area contributed by atoms with Crippen molar-refractivity contribution < 1.29 is 4.74 Å². The lowest BCUT2D eigenvalue weighted by Crippen LogP contribution is -2.25. The van der Waals surface area contributed by atoms with Crippen LogP contribution in [0, 0.1) is 6.92 Å². The van der Waals surface area contributed by atoms with Gasteiger partial charge in [0.1, 0.15) is 5.75 Å². The number of aromatic nitrogens is 1. The van der Waals surface area contributed by atoms with Gasteiger partial charge in [0.2, 0.25) is 0 Å². The second kappa shape index (κ2) is 9.65. The van der Waals surface area contributed by atoms with Crippen LogP contribution < -0.4 is 4.74 Å². The highest BCUT2D eigenvalue weighted by molar-refractivity contribution is 5.73. The Morgan fingerprint density at radius 3 is 2.16 bits per heavy atom. The van der Waals surface area contributed by atoms with E-state index >= 15 is 0 Å². The number of hydrogen-bond acceptors (Lipinski definition) is 3. The van der Waals surface area contributed by atoms with E-state index in [-0.39, 0.29) is 0 Å². The third-order valence-electron chi connectivity index (χ3n) is 6.44. The zero-order chi connectivity index (χ0) is 21.8. The third-order valence-corrected chi connectivity index (χ3v) is 6.44. The van der Waals surface area contributed by atoms with Crippen molar-refractivity contribution in [3.05, 3.63) is 82.5 Å². The molecule has 1 fully saturated rings. The van der Waals surface area contributed by atoms with Crippen molar-refractivity contribution >= 4 is 0 Å². The molecule has 1 heterocycles. The average molecular weight is 415 g/mol. The molecular formula is C28H34N2O. The molecule has 1 saturated carbocycles. The van der Waals surface area contributed by atoms with Gasteiger partial charge in [-0.2, -0.15) is 0 Å². The predicted molar refractivity (Wildman–Crippen MR) is 128 cm³/mol. The van der Waals surface area contributed by atoms with Gasteiger partial charge >= 0.3 is 0 Å². The van der Waals surface area contributed by atoms with Gasteiger partial charge in [-0.3, -0.25) is 9.88 Å². The van der Waals surface area contributed by atoms with Crippen LogP contribution in [0.2, 0.25) is 0 Å². The van der Waals surface area contributed by atoms with Gasteiger partial charge in [-0.25, -0.2) is 0 Å². The summed E-state index contributed by atoms with van der Waals surface area (Å²) < 4.78 is 5.97. The van der Waals surface area contributed by atoms with Gasteiger partial charge < -0.3 is 4.74 Å². The summed E-state index contributed by atoms with van der Waals surface area (Å²) in [6.07, 6.45) is 6.61. The molecular weight excluding hydrogens is 380 g/mol. The maximum Gasteiger partial charge on any atom is 0.129 e. The molecule has 0 radical (unpaired) electrons. The highest BCUT2D eigenvalue weighted by Crippen LogP contribution is 2.37. The number of nitrogens with zero attached hydrogens (tertiary/aromatic N) is 2. The van der Waals surface area contributed by atoms with Crippen molar-refractivity contribution in [2.24, 2.45) is 0 Å². The summed E-state index contributed by atoms with van der Waals surface area (Å²) in [5.74, 6) is 0.983. The normalized spacial score (nSPS) is 13.6. The van der Waals surface area contributed by atoms with E-state index in [1.807, 2.05) is 6.20 Å². The minimum Gasteiger partial charge on any atom is -0.496 e. The summed E-state index contributed by atoms with van der Waals surface area (Å²) in [5, 5.41) is 0. The molecule has 0 aliphatic heterocycles. The molecule has 4 rings (SSSR count). The van der Waals surface area contributed by atoms with E-state index in [1.54, 1.807) is 7.11 Å². The lowest BCUT2D eigenvalue weighted by molar-refractivity contribution is 0.241. The third kappa shape index (κ3) is 4.67. The summed E-state index contributed by atoms with van der Waals surface area (Å²) >= 11 is 0. The van der Waals surface area contributed by atoms with Gasteiger partial charge in [0.25, 0.3) is 0 Å². The molecule has 0 N–H and O–H groups in total. The van der Waals surface area contributed by atoms with Crippen LogP contribution in [0.1, 0.15) is 54.5 Å². The SMILES string of the molecule is CCc1cccc(CC)c1-c1ncc(CN(Cc2ccccc2)C2CC2)c(OC)c1C. The zero-order valence-electron chi connectivity index (χ0n) is 19.3. The fraction of sp³-hybridized carbons (Fsp3) is 0.393. The molecule has 3 aromatic rings. The van der Waals surface area contributed by atoms with Crippen LogP contribution in [0.5, 0.6) is 5.75 Å². The summed E-state index contributed by atoms with van der Waals surface area (Å²) in [5.41, 5.74) is 8.75. The van der Waals surface area contributed by atoms with E-state index in [2.05, 4.69) is 74.2 Å². The molecule has 31 heavy (non-hydrogen) atoms. The topological polar surface area (TPSA) is 25.4 Å². The first-order valence-electron chi connectivity index (χ1n) is 11.6. The van der Waals surface area contributed by atoms with Crippen molar-refractivity contribution in [1.82, 2.24) is 9.88 Å². The first-order chi connectivity index (χ1) is 15.2. The quantitative estimate of drug-likeness (QED) is 0.408. The Morgan fingerprint density at radius 2 is 1.58 bits per heavy atom. The van der Waals surface area contributed by atoms with E-state index < -0.39 is 0 Å². The van der Waals surface area contributed by atoms with Crippen LogP contribution in [0.4, 0.5) is 0 Å². The number of benzene rings is 2. The summed E-state index contributed by atoms with van der Waals surface area (Å²) in [4.78, 5) is 7.58. The maximum atomic E-state index is 5.97. The predicted octanol–water partition coefficient (Wildman–Crippen LogP) is 6.36. The number of methoxy groups -OCH3 is 1. The van der Waals surface area contributed by atoms with Crippen LogP contribution in [0.25, 0.3) is 11.3 Å². The standard InChI is InChI=1S/C28H34N2O/c1-5-22-13-10-14-23(6-2)26(22)27-20(3)28(31-4)24(17-29-27)19-30(25-15-16-25)18-21-11-8-7-9-12-21/h7-14,17,25H,5-6,15-16,18-19H2,1-4H3. The smallest absolute Gasteiger partial charge is 0.129 e. The molecule has 1 aromatic heterocycles. The number of hydrogen-bond donors (Lipinski definition) is 0. The molecule has 1 aliphatic carbocycles. The number of aryl methyl sites for hydroxylation is 2. The maximum absolute atomic E-state index is 5.97. The number of pyridine rings is 1. The molecule has 1 aliphatic rings. The molecule has 162 valence electrons. The summed E-state index contributed by atoms with van der Waals surface area (Å²) in [6, 6.07) is 18.0. The first kappa shape index (κ1) is 21.6. The van der Waals surface area contributed by atoms with Gasteiger partial charge in [-0.1, -0.05) is 62.4 Å². The molecule has 3 heteroatoms. The lowest BCUT2D eigenvalue weighted by Gasteiger charge is -2.24. The second-order valence-electron chi connectivity index (χ2n) is 8.57. The van der Waals surface area contributed by atoms with Gasteiger partial charge in [-0.15, -0.1) is 0 Å². The van der Waals surface area contributed by atoms with Crippen molar-refractivity contribution in [3.63, 3.8) is 0 Å². The van der Waals surface area contributed by atoms with E-state index in [0.717, 1.165) is 42.9 Å². The van der Waals surface area contributed by atoms with E-state index in [0.29, 0.717) is 6.04 Å². The minimum absolute atomic E-state index is 0.664. The Bertz CT molecular complexity index is 1000. The largest absolute Gasteiger partial charge is 0.496 e. The lowest BCUT2D eigenvalue weighted by atomic mass is 9.92. The fourth-order valence-corrected chi connectivity index (χ4v) is 4.63. The molecule has 3 nitrogen and oxygen atoms in total. The summed E-state index contributed by atoms with van der Waals surface area (Å²) in [7, 11) is 1.79. The van der Waals surface area contributed by atoms with Crippen LogP contribution >= 0.6 is 0 Å². The van der Waals surface area contributed by atoms with Crippen molar-refractivity contribution in [1.29, 1.82) is 0 Å². The van der Waals surface area contributed by atoms with E-state index in [1.165, 1.54) is 40.7 Å². The highest BCUT2D eigenvalue weighted by Gasteiger charge is 2.30. The van der Waals surface area contributed by atoms with Crippen LogP contribution in [0.3, 0.4) is 0 Å². The first-order valence-corrected chi connectivity index (χ1v) is 11.6. The highest BCUT2D eigenvalue weighted by atomic mass is 16.5. The monoisotopic (exact) mass is 414 g/mol. The molecule has 0 bridgehead atoms. The van der Waals surface area contributed by atoms with E-state index in [9.17, 15) is 0 Å². The van der Waals surface area contributed by atoms with Crippen LogP contribution in [0.15, 0.2) is 54.7 Å². The molecule has 0 amide bonds. The number of rotatable bonds is 9. The Morgan fingerprint density at radius 1 is 0.903 bits per heavy atom. The van der Waals surface area contributed by atoms with Gasteiger partial charge in [-0.05, 0) is 49.3 Å². The van der Waals surface area contributed by atoms with Crippen molar-refractivity contribution in [2.75, 3.05) is 7.11 Å². The molecule has 0 atom stereocenters. The average Bonchev–Trinajstić information content (AvgIpc) is 3.65. The molecule has 2 aromatic carbocycles. The summed E-state index contributed by atoms with van der Waals surface area (Å²) in [6.45, 7) is 8.43. The van der Waals surface area contributed by atoms with Crippen LogP contribution in [-0.4, -0.2) is 23.0 Å². The molecule has 0 spiro atoms. The van der Waals surface area contributed by atoms with Gasteiger partial charge in [0.05, 0.1) is 12.8 Å². The van der Waals surface area contributed by atoms with Gasteiger partial charge in [0, 0.05) is 42.0 Å². The van der Waals surface area contributed by atoms with Crippen LogP contribution in [-0.2, 0) is 25.9 Å². The van der Waals surface area contributed by atoms with Crippen molar-refractivity contribution in [2.45, 2.75) is 65.6 Å². The minimum atomic E-state index is 0.664. The Kier molecular flexibility index (Phi) is 6.72. The second-order valence-corrected chi connectivity index (χ2v) is 8.57. The Hall–Kier alpha value is -2.65.